The molecule has 0 amide bonds. The fraction of sp³-hybridized carbons (Fsp3) is 0.615. The monoisotopic (exact) mass is 271 g/mol. The Hall–Kier alpha value is -0.910. The van der Waals surface area contributed by atoms with Gasteiger partial charge in [-0.3, -0.25) is 0 Å². The van der Waals surface area contributed by atoms with Crippen LogP contribution in [0.2, 0.25) is 0 Å². The fourth-order valence-corrected chi connectivity index (χ4v) is 2.65. The van der Waals surface area contributed by atoms with Crippen LogP contribution in [0, 0.1) is 6.92 Å². The Labute approximate surface area is 112 Å². The molecule has 0 aliphatic carbocycles. The molecule has 1 aromatic rings. The first kappa shape index (κ1) is 15.1. The minimum atomic E-state index is -1.48. The second-order valence-corrected chi connectivity index (χ2v) is 6.14. The molecule has 1 heterocycles. The van der Waals surface area contributed by atoms with Crippen LogP contribution in [-0.4, -0.2) is 36.4 Å². The fourth-order valence-electron chi connectivity index (χ4n) is 1.63. The third-order valence-electron chi connectivity index (χ3n) is 2.72. The molecule has 0 fully saturated rings. The number of esters is 1. The highest BCUT2D eigenvalue weighted by atomic mass is 32.1. The topological polar surface area (TPSA) is 58.6 Å². The minimum absolute atomic E-state index is 0.186. The molecule has 2 N–H and O–H groups in total. The Balaban J connectivity index is 2.41. The molecular formula is C13H21NO3S. The third kappa shape index (κ3) is 4.40. The molecule has 18 heavy (non-hydrogen) atoms. The number of thiophene rings is 1. The van der Waals surface area contributed by atoms with Gasteiger partial charge in [-0.25, -0.2) is 4.79 Å². The summed E-state index contributed by atoms with van der Waals surface area (Å²) in [5.74, 6) is -0.617. The Morgan fingerprint density at radius 3 is 2.78 bits per heavy atom. The molecule has 102 valence electrons. The van der Waals surface area contributed by atoms with E-state index in [9.17, 15) is 9.90 Å². The summed E-state index contributed by atoms with van der Waals surface area (Å²) in [6, 6.07) is 4.40. The number of carbonyl (C=O) groups excluding carboxylic acids is 1. The molecule has 0 saturated carbocycles. The van der Waals surface area contributed by atoms with Crippen LogP contribution < -0.4 is 5.32 Å². The number of carbonyl (C=O) groups is 1. The molecule has 0 aromatic carbocycles. The molecule has 0 bridgehead atoms. The lowest BCUT2D eigenvalue weighted by Crippen LogP contribution is -2.48. The van der Waals surface area contributed by atoms with Crippen molar-refractivity contribution in [3.8, 4) is 0 Å². The van der Waals surface area contributed by atoms with Crippen molar-refractivity contribution in [2.24, 2.45) is 0 Å². The highest BCUT2D eigenvalue weighted by molar-refractivity contribution is 7.11. The van der Waals surface area contributed by atoms with Crippen LogP contribution in [0.1, 0.15) is 23.6 Å². The normalized spacial score (nSPS) is 16.1. The number of aryl methyl sites for hydroxylation is 1. The highest BCUT2D eigenvalue weighted by Gasteiger charge is 2.31. The van der Waals surface area contributed by atoms with Gasteiger partial charge < -0.3 is 15.2 Å². The Kier molecular flexibility index (Phi) is 5.31. The maximum Gasteiger partial charge on any atom is 0.338 e. The van der Waals surface area contributed by atoms with E-state index in [4.69, 9.17) is 0 Å². The molecule has 5 heteroatoms. The van der Waals surface area contributed by atoms with E-state index in [0.717, 1.165) is 6.42 Å². The van der Waals surface area contributed by atoms with Gasteiger partial charge in [0.15, 0.2) is 5.60 Å². The minimum Gasteiger partial charge on any atom is -0.467 e. The molecule has 2 unspecified atom stereocenters. The highest BCUT2D eigenvalue weighted by Crippen LogP contribution is 2.16. The van der Waals surface area contributed by atoms with Crippen molar-refractivity contribution in [3.63, 3.8) is 0 Å². The number of rotatable bonds is 6. The average molecular weight is 271 g/mol. The number of methoxy groups -OCH3 is 1. The average Bonchev–Trinajstić information content (AvgIpc) is 2.71. The third-order valence-corrected chi connectivity index (χ3v) is 3.75. The maximum absolute atomic E-state index is 11.3. The first-order chi connectivity index (χ1) is 8.35. The number of aliphatic hydroxyl groups is 1. The zero-order valence-corrected chi connectivity index (χ0v) is 12.1. The van der Waals surface area contributed by atoms with Crippen LogP contribution in [0.25, 0.3) is 0 Å². The van der Waals surface area contributed by atoms with Crippen molar-refractivity contribution < 1.29 is 14.6 Å². The van der Waals surface area contributed by atoms with Crippen molar-refractivity contribution in [2.45, 2.75) is 38.8 Å². The van der Waals surface area contributed by atoms with E-state index in [1.807, 2.05) is 6.92 Å². The summed E-state index contributed by atoms with van der Waals surface area (Å²) < 4.78 is 4.54. The van der Waals surface area contributed by atoms with Gasteiger partial charge >= 0.3 is 5.97 Å². The molecule has 1 aromatic heterocycles. The predicted molar refractivity (Wildman–Crippen MR) is 72.9 cm³/mol. The van der Waals surface area contributed by atoms with E-state index in [0.29, 0.717) is 0 Å². The first-order valence-corrected chi connectivity index (χ1v) is 6.76. The summed E-state index contributed by atoms with van der Waals surface area (Å²) in [6.45, 7) is 5.75. The zero-order valence-electron chi connectivity index (χ0n) is 11.3. The van der Waals surface area contributed by atoms with Crippen LogP contribution in [0.3, 0.4) is 0 Å². The van der Waals surface area contributed by atoms with Crippen LogP contribution in [-0.2, 0) is 16.0 Å². The molecule has 1 rings (SSSR count). The van der Waals surface area contributed by atoms with Gasteiger partial charge in [-0.05, 0) is 39.3 Å². The summed E-state index contributed by atoms with van der Waals surface area (Å²) in [7, 11) is 1.27. The second-order valence-electron chi connectivity index (χ2n) is 4.76. The number of hydrogen-bond acceptors (Lipinski definition) is 5. The van der Waals surface area contributed by atoms with Gasteiger partial charge in [-0.1, -0.05) is 0 Å². The van der Waals surface area contributed by atoms with Crippen LogP contribution in [0.15, 0.2) is 12.1 Å². The lowest BCUT2D eigenvalue weighted by molar-refractivity contribution is -0.160. The first-order valence-electron chi connectivity index (χ1n) is 5.94. The smallest absolute Gasteiger partial charge is 0.338 e. The molecular weight excluding hydrogens is 250 g/mol. The van der Waals surface area contributed by atoms with Gasteiger partial charge in [0.05, 0.1) is 7.11 Å². The summed E-state index contributed by atoms with van der Waals surface area (Å²) in [5, 5.41) is 13.0. The molecule has 0 saturated heterocycles. The van der Waals surface area contributed by atoms with E-state index >= 15 is 0 Å². The quantitative estimate of drug-likeness (QED) is 0.770. The van der Waals surface area contributed by atoms with Crippen molar-refractivity contribution in [2.75, 3.05) is 13.7 Å². The van der Waals surface area contributed by atoms with E-state index in [1.54, 1.807) is 11.3 Å². The van der Waals surface area contributed by atoms with Gasteiger partial charge in [-0.2, -0.15) is 0 Å². The van der Waals surface area contributed by atoms with E-state index in [-0.39, 0.29) is 12.6 Å². The SMILES string of the molecule is COC(=O)C(C)(O)CNC(C)Cc1ccc(C)s1. The summed E-state index contributed by atoms with van der Waals surface area (Å²) in [4.78, 5) is 13.9. The summed E-state index contributed by atoms with van der Waals surface area (Å²) in [5.41, 5.74) is -1.48. The molecule has 0 aliphatic rings. The largest absolute Gasteiger partial charge is 0.467 e. The Bertz CT molecular complexity index is 401. The van der Waals surface area contributed by atoms with Crippen molar-refractivity contribution in [1.82, 2.24) is 5.32 Å². The lowest BCUT2D eigenvalue weighted by Gasteiger charge is -2.23. The van der Waals surface area contributed by atoms with Gasteiger partial charge in [0, 0.05) is 22.3 Å². The number of hydrogen-bond donors (Lipinski definition) is 2. The van der Waals surface area contributed by atoms with Gasteiger partial charge in [-0.15, -0.1) is 11.3 Å². The van der Waals surface area contributed by atoms with E-state index in [1.165, 1.54) is 23.8 Å². The van der Waals surface area contributed by atoms with Gasteiger partial charge in [0.2, 0.25) is 0 Å². The van der Waals surface area contributed by atoms with Crippen molar-refractivity contribution in [1.29, 1.82) is 0 Å². The van der Waals surface area contributed by atoms with Crippen LogP contribution in [0.5, 0.6) is 0 Å². The second kappa shape index (κ2) is 6.31. The number of ether oxygens (including phenoxy) is 1. The predicted octanol–water partition coefficient (Wildman–Crippen LogP) is 1.50. The Morgan fingerprint density at radius 1 is 1.61 bits per heavy atom. The van der Waals surface area contributed by atoms with E-state index < -0.39 is 11.6 Å². The molecule has 2 atom stereocenters. The van der Waals surface area contributed by atoms with E-state index in [2.05, 4.69) is 29.1 Å². The van der Waals surface area contributed by atoms with Crippen LogP contribution >= 0.6 is 11.3 Å². The van der Waals surface area contributed by atoms with Crippen molar-refractivity contribution >= 4 is 17.3 Å². The number of nitrogens with one attached hydrogen (secondary N) is 1. The Morgan fingerprint density at radius 2 is 2.28 bits per heavy atom. The molecule has 0 aliphatic heterocycles. The lowest BCUT2D eigenvalue weighted by atomic mass is 10.1. The molecule has 0 radical (unpaired) electrons. The standard InChI is InChI=1S/C13H21NO3S/c1-9(7-11-6-5-10(2)18-11)14-8-13(3,16)12(15)17-4/h5-6,9,14,16H,7-8H2,1-4H3. The maximum atomic E-state index is 11.3. The molecule has 0 spiro atoms. The molecule has 4 nitrogen and oxygen atoms in total. The van der Waals surface area contributed by atoms with Crippen LogP contribution in [0.4, 0.5) is 0 Å². The van der Waals surface area contributed by atoms with Gasteiger partial charge in [0.1, 0.15) is 0 Å². The van der Waals surface area contributed by atoms with Crippen molar-refractivity contribution in [3.05, 3.63) is 21.9 Å². The summed E-state index contributed by atoms with van der Waals surface area (Å²) in [6.07, 6.45) is 0.885. The zero-order chi connectivity index (χ0) is 13.8. The van der Waals surface area contributed by atoms with Gasteiger partial charge in [0.25, 0.3) is 0 Å². The summed E-state index contributed by atoms with van der Waals surface area (Å²) >= 11 is 1.77.